The molecule has 0 saturated carbocycles. The summed E-state index contributed by atoms with van der Waals surface area (Å²) in [6.45, 7) is 0. The zero-order valence-corrected chi connectivity index (χ0v) is 9.74. The van der Waals surface area contributed by atoms with Crippen LogP contribution in [0, 0.1) is 0 Å². The van der Waals surface area contributed by atoms with Gasteiger partial charge < -0.3 is 14.9 Å². The molecule has 0 rings (SSSR count). The van der Waals surface area contributed by atoms with Gasteiger partial charge in [0.1, 0.15) is 0 Å². The Hall–Kier alpha value is 0.580. The van der Waals surface area contributed by atoms with Crippen LogP contribution in [0.2, 0.25) is 0 Å². The van der Waals surface area contributed by atoms with Crippen molar-refractivity contribution in [2.24, 2.45) is 0 Å². The van der Waals surface area contributed by atoms with Gasteiger partial charge in [-0.1, -0.05) is 0 Å². The highest BCUT2D eigenvalue weighted by Gasteiger charge is 2.10. The lowest BCUT2D eigenvalue weighted by Crippen LogP contribution is -2.22. The highest BCUT2D eigenvalue weighted by molar-refractivity contribution is 7.98. The minimum atomic E-state index is -0.829. The fourth-order valence-corrected chi connectivity index (χ4v) is 1.63. The molecular formula is C8H18O3S2. The summed E-state index contributed by atoms with van der Waals surface area (Å²) in [5.74, 6) is 1.69. The number of rotatable bonds is 8. The molecule has 0 aliphatic carbocycles. The Labute approximate surface area is 88.2 Å². The first-order valence-corrected chi connectivity index (χ1v) is 6.99. The Bertz CT molecular complexity index is 102. The predicted octanol–water partition coefficient (Wildman–Crippen LogP) is 1.15. The van der Waals surface area contributed by atoms with E-state index in [1.165, 1.54) is 0 Å². The van der Waals surface area contributed by atoms with Gasteiger partial charge in [0.2, 0.25) is 0 Å². The monoisotopic (exact) mass is 226 g/mol. The molecule has 2 unspecified atom stereocenters. The molecule has 80 valence electrons. The summed E-state index contributed by atoms with van der Waals surface area (Å²) in [5, 5.41) is 18.5. The second-order valence-corrected chi connectivity index (χ2v) is 4.58. The van der Waals surface area contributed by atoms with Crippen molar-refractivity contribution in [1.29, 1.82) is 0 Å². The molecular weight excluding hydrogens is 208 g/mol. The van der Waals surface area contributed by atoms with E-state index in [0.717, 1.165) is 11.5 Å². The molecule has 0 amide bonds. The summed E-state index contributed by atoms with van der Waals surface area (Å²) in [4.78, 5) is 0. The van der Waals surface area contributed by atoms with Gasteiger partial charge in [0.15, 0.2) is 12.6 Å². The topological polar surface area (TPSA) is 49.7 Å². The van der Waals surface area contributed by atoms with Crippen molar-refractivity contribution in [3.05, 3.63) is 0 Å². The van der Waals surface area contributed by atoms with Crippen LogP contribution in [0.4, 0.5) is 0 Å². The summed E-state index contributed by atoms with van der Waals surface area (Å²) in [5.41, 5.74) is 0. The average Bonchev–Trinajstić information content (AvgIpc) is 2.11. The Morgan fingerprint density at radius 1 is 1.00 bits per heavy atom. The summed E-state index contributed by atoms with van der Waals surface area (Å²) in [6.07, 6.45) is 3.41. The van der Waals surface area contributed by atoms with Crippen LogP contribution in [-0.2, 0) is 4.74 Å². The first-order chi connectivity index (χ1) is 6.20. The minimum Gasteiger partial charge on any atom is -0.368 e. The zero-order valence-electron chi connectivity index (χ0n) is 8.10. The van der Waals surface area contributed by atoms with Crippen LogP contribution in [0.1, 0.15) is 12.8 Å². The van der Waals surface area contributed by atoms with Crippen LogP contribution < -0.4 is 0 Å². The summed E-state index contributed by atoms with van der Waals surface area (Å²) >= 11 is 3.30. The van der Waals surface area contributed by atoms with Crippen LogP contribution in [0.5, 0.6) is 0 Å². The van der Waals surface area contributed by atoms with Crippen molar-refractivity contribution in [2.75, 3.05) is 24.0 Å². The smallest absolute Gasteiger partial charge is 0.158 e. The molecule has 0 spiro atoms. The second kappa shape index (κ2) is 9.15. The summed E-state index contributed by atoms with van der Waals surface area (Å²) < 4.78 is 4.94. The molecule has 0 aromatic carbocycles. The maximum absolute atomic E-state index is 9.25. The van der Waals surface area contributed by atoms with Crippen LogP contribution in [-0.4, -0.2) is 46.8 Å². The van der Waals surface area contributed by atoms with Gasteiger partial charge in [0.25, 0.3) is 0 Å². The van der Waals surface area contributed by atoms with Crippen molar-refractivity contribution in [1.82, 2.24) is 0 Å². The number of hydrogen-bond acceptors (Lipinski definition) is 5. The molecule has 0 aromatic heterocycles. The molecule has 2 atom stereocenters. The molecule has 3 nitrogen and oxygen atoms in total. The van der Waals surface area contributed by atoms with Crippen molar-refractivity contribution >= 4 is 23.5 Å². The van der Waals surface area contributed by atoms with E-state index in [4.69, 9.17) is 4.74 Å². The Kier molecular flexibility index (Phi) is 9.56. The highest BCUT2D eigenvalue weighted by atomic mass is 32.2. The van der Waals surface area contributed by atoms with Crippen LogP contribution >= 0.6 is 23.5 Å². The molecule has 0 aliphatic heterocycles. The van der Waals surface area contributed by atoms with Crippen LogP contribution in [0.25, 0.3) is 0 Å². The quantitative estimate of drug-likeness (QED) is 0.608. The fourth-order valence-electron chi connectivity index (χ4n) is 0.755. The summed E-state index contributed by atoms with van der Waals surface area (Å²) in [7, 11) is 0. The summed E-state index contributed by atoms with van der Waals surface area (Å²) in [6, 6.07) is 0. The van der Waals surface area contributed by atoms with Crippen LogP contribution in [0.15, 0.2) is 0 Å². The lowest BCUT2D eigenvalue weighted by atomic mass is 10.4. The van der Waals surface area contributed by atoms with E-state index in [9.17, 15) is 10.2 Å². The van der Waals surface area contributed by atoms with Gasteiger partial charge in [-0.2, -0.15) is 23.5 Å². The van der Waals surface area contributed by atoms with E-state index in [0.29, 0.717) is 12.8 Å². The van der Waals surface area contributed by atoms with E-state index >= 15 is 0 Å². The van der Waals surface area contributed by atoms with Crippen LogP contribution in [0.3, 0.4) is 0 Å². The molecule has 0 fully saturated rings. The minimum absolute atomic E-state index is 0.567. The molecule has 0 aliphatic rings. The van der Waals surface area contributed by atoms with Crippen molar-refractivity contribution in [3.63, 3.8) is 0 Å². The molecule has 2 N–H and O–H groups in total. The first-order valence-electron chi connectivity index (χ1n) is 4.20. The van der Waals surface area contributed by atoms with E-state index in [2.05, 4.69) is 0 Å². The third kappa shape index (κ3) is 8.90. The third-order valence-electron chi connectivity index (χ3n) is 1.45. The van der Waals surface area contributed by atoms with E-state index in [1.54, 1.807) is 23.5 Å². The highest BCUT2D eigenvalue weighted by Crippen LogP contribution is 2.07. The van der Waals surface area contributed by atoms with Crippen molar-refractivity contribution in [3.8, 4) is 0 Å². The zero-order chi connectivity index (χ0) is 10.1. The molecule has 5 heteroatoms. The van der Waals surface area contributed by atoms with Gasteiger partial charge in [-0.3, -0.25) is 0 Å². The standard InChI is InChI=1S/C8H18O3S2/c1-12-5-3-7(9)11-8(10)4-6-13-2/h7-10H,3-6H2,1-2H3. The Morgan fingerprint density at radius 2 is 1.38 bits per heavy atom. The van der Waals surface area contributed by atoms with Gasteiger partial charge in [0, 0.05) is 12.8 Å². The molecule has 13 heavy (non-hydrogen) atoms. The van der Waals surface area contributed by atoms with Crippen molar-refractivity contribution < 1.29 is 14.9 Å². The van der Waals surface area contributed by atoms with Gasteiger partial charge in [-0.25, -0.2) is 0 Å². The first kappa shape index (κ1) is 13.6. The number of thioether (sulfide) groups is 2. The van der Waals surface area contributed by atoms with E-state index in [-0.39, 0.29) is 0 Å². The maximum Gasteiger partial charge on any atom is 0.158 e. The average molecular weight is 226 g/mol. The number of ether oxygens (including phenoxy) is 1. The normalized spacial score (nSPS) is 15.7. The van der Waals surface area contributed by atoms with Crippen molar-refractivity contribution in [2.45, 2.75) is 25.4 Å². The van der Waals surface area contributed by atoms with Gasteiger partial charge in [-0.05, 0) is 24.0 Å². The lowest BCUT2D eigenvalue weighted by molar-refractivity contribution is -0.207. The number of hydrogen-bond donors (Lipinski definition) is 2. The van der Waals surface area contributed by atoms with E-state index < -0.39 is 12.6 Å². The molecule has 0 saturated heterocycles. The predicted molar refractivity (Wildman–Crippen MR) is 59.1 cm³/mol. The largest absolute Gasteiger partial charge is 0.368 e. The Balaban J connectivity index is 3.35. The van der Waals surface area contributed by atoms with Gasteiger partial charge in [-0.15, -0.1) is 0 Å². The van der Waals surface area contributed by atoms with Gasteiger partial charge in [0.05, 0.1) is 0 Å². The SMILES string of the molecule is CSCCC(O)OC(O)CCSC. The molecule has 0 bridgehead atoms. The number of aliphatic hydroxyl groups is 2. The fraction of sp³-hybridized carbons (Fsp3) is 1.00. The molecule has 0 radical (unpaired) electrons. The third-order valence-corrected chi connectivity index (χ3v) is 2.74. The Morgan fingerprint density at radius 3 is 1.69 bits per heavy atom. The molecule has 0 heterocycles. The maximum atomic E-state index is 9.25. The van der Waals surface area contributed by atoms with Gasteiger partial charge >= 0.3 is 0 Å². The molecule has 0 aromatic rings. The lowest BCUT2D eigenvalue weighted by Gasteiger charge is -2.16. The van der Waals surface area contributed by atoms with E-state index in [1.807, 2.05) is 12.5 Å². The number of aliphatic hydroxyl groups excluding tert-OH is 2. The second-order valence-electron chi connectivity index (χ2n) is 2.61.